The molecule has 0 bridgehead atoms. The van der Waals surface area contributed by atoms with E-state index in [0.717, 1.165) is 12.1 Å². The van der Waals surface area contributed by atoms with Crippen LogP contribution in [0.15, 0.2) is 30.5 Å². The number of H-pyrrole nitrogens is 1. The zero-order valence-electron chi connectivity index (χ0n) is 8.54. The van der Waals surface area contributed by atoms with Gasteiger partial charge in [-0.3, -0.25) is 5.10 Å². The molecule has 0 saturated heterocycles. The summed E-state index contributed by atoms with van der Waals surface area (Å²) in [5.41, 5.74) is 4.98. The molecule has 0 unspecified atom stereocenters. The molecule has 2 aromatic rings. The van der Waals surface area contributed by atoms with Crippen LogP contribution >= 0.6 is 0 Å². The number of rotatable bonds is 2. The van der Waals surface area contributed by atoms with Gasteiger partial charge < -0.3 is 0 Å². The molecule has 2 rings (SSSR count). The molecule has 0 radical (unpaired) electrons. The Morgan fingerprint density at radius 1 is 1.29 bits per heavy atom. The van der Waals surface area contributed by atoms with Crippen LogP contribution in [0.2, 0.25) is 0 Å². The predicted molar refractivity (Wildman–Crippen MR) is 58.1 cm³/mol. The third-order valence-electron chi connectivity index (χ3n) is 2.36. The number of hydrogen-bond donors (Lipinski definition) is 1. The van der Waals surface area contributed by atoms with Gasteiger partial charge in [-0.25, -0.2) is 0 Å². The Morgan fingerprint density at radius 3 is 2.79 bits per heavy atom. The fraction of sp³-hybridized carbons (Fsp3) is 0.250. The van der Waals surface area contributed by atoms with Crippen molar-refractivity contribution in [2.45, 2.75) is 20.3 Å². The molecule has 1 aromatic carbocycles. The fourth-order valence-corrected chi connectivity index (χ4v) is 1.64. The van der Waals surface area contributed by atoms with Crippen LogP contribution in [-0.4, -0.2) is 10.2 Å². The van der Waals surface area contributed by atoms with Crippen molar-refractivity contribution in [1.82, 2.24) is 10.2 Å². The number of aryl methyl sites for hydroxylation is 2. The van der Waals surface area contributed by atoms with Crippen molar-refractivity contribution in [3.05, 3.63) is 41.6 Å². The smallest absolute Gasteiger partial charge is 0.0650 e. The van der Waals surface area contributed by atoms with Crippen molar-refractivity contribution in [2.24, 2.45) is 0 Å². The van der Waals surface area contributed by atoms with Gasteiger partial charge in [0, 0.05) is 11.8 Å². The molecule has 72 valence electrons. The standard InChI is InChI=1S/C12H14N2/c1-3-10-6-9(2)7-11(8-10)12-4-5-13-14-12/h4-8H,3H2,1-2H3,(H,13,14). The molecule has 2 nitrogen and oxygen atoms in total. The molecule has 0 fully saturated rings. The zero-order chi connectivity index (χ0) is 9.97. The Kier molecular flexibility index (Phi) is 2.35. The van der Waals surface area contributed by atoms with E-state index in [9.17, 15) is 0 Å². The first-order valence-electron chi connectivity index (χ1n) is 4.90. The highest BCUT2D eigenvalue weighted by Gasteiger charge is 2.00. The van der Waals surface area contributed by atoms with Crippen LogP contribution in [0, 0.1) is 6.92 Å². The lowest BCUT2D eigenvalue weighted by Crippen LogP contribution is -1.86. The summed E-state index contributed by atoms with van der Waals surface area (Å²) >= 11 is 0. The molecular formula is C12H14N2. The zero-order valence-corrected chi connectivity index (χ0v) is 8.54. The fourth-order valence-electron chi connectivity index (χ4n) is 1.64. The molecule has 14 heavy (non-hydrogen) atoms. The Balaban J connectivity index is 2.48. The molecular weight excluding hydrogens is 172 g/mol. The molecule has 1 aromatic heterocycles. The molecule has 0 aliphatic rings. The molecule has 0 aliphatic carbocycles. The molecule has 0 amide bonds. The normalized spacial score (nSPS) is 10.4. The lowest BCUT2D eigenvalue weighted by molar-refractivity contribution is 1.09. The third kappa shape index (κ3) is 1.69. The number of hydrogen-bond acceptors (Lipinski definition) is 1. The first-order chi connectivity index (χ1) is 6.79. The second-order valence-electron chi connectivity index (χ2n) is 3.53. The average molecular weight is 186 g/mol. The van der Waals surface area contributed by atoms with Crippen LogP contribution < -0.4 is 0 Å². The van der Waals surface area contributed by atoms with Gasteiger partial charge in [0.15, 0.2) is 0 Å². The number of nitrogens with zero attached hydrogens (tertiary/aromatic N) is 1. The highest BCUT2D eigenvalue weighted by Crippen LogP contribution is 2.20. The van der Waals surface area contributed by atoms with Crippen molar-refractivity contribution < 1.29 is 0 Å². The Bertz CT molecular complexity index is 416. The van der Waals surface area contributed by atoms with Gasteiger partial charge in [0.1, 0.15) is 0 Å². The monoisotopic (exact) mass is 186 g/mol. The van der Waals surface area contributed by atoms with Crippen LogP contribution in [0.4, 0.5) is 0 Å². The van der Waals surface area contributed by atoms with E-state index in [4.69, 9.17) is 0 Å². The maximum atomic E-state index is 3.96. The van der Waals surface area contributed by atoms with Gasteiger partial charge in [-0.2, -0.15) is 5.10 Å². The second kappa shape index (κ2) is 3.66. The third-order valence-corrected chi connectivity index (χ3v) is 2.36. The predicted octanol–water partition coefficient (Wildman–Crippen LogP) is 2.95. The summed E-state index contributed by atoms with van der Waals surface area (Å²) in [5.74, 6) is 0. The Morgan fingerprint density at radius 2 is 2.14 bits per heavy atom. The molecule has 0 saturated carbocycles. The van der Waals surface area contributed by atoms with Gasteiger partial charge in [0.05, 0.1) is 5.69 Å². The molecule has 0 spiro atoms. The lowest BCUT2D eigenvalue weighted by Gasteiger charge is -2.03. The summed E-state index contributed by atoms with van der Waals surface area (Å²) in [6.07, 6.45) is 2.85. The number of nitrogens with one attached hydrogen (secondary N) is 1. The van der Waals surface area contributed by atoms with Gasteiger partial charge in [0.2, 0.25) is 0 Å². The van der Waals surface area contributed by atoms with Gasteiger partial charge in [0.25, 0.3) is 0 Å². The Hall–Kier alpha value is -1.57. The van der Waals surface area contributed by atoms with Gasteiger partial charge in [-0.15, -0.1) is 0 Å². The largest absolute Gasteiger partial charge is 0.278 e. The van der Waals surface area contributed by atoms with E-state index < -0.39 is 0 Å². The average Bonchev–Trinajstić information content (AvgIpc) is 2.69. The highest BCUT2D eigenvalue weighted by molar-refractivity contribution is 5.60. The minimum Gasteiger partial charge on any atom is -0.278 e. The lowest BCUT2D eigenvalue weighted by atomic mass is 10.0. The quantitative estimate of drug-likeness (QED) is 0.767. The second-order valence-corrected chi connectivity index (χ2v) is 3.53. The van der Waals surface area contributed by atoms with Gasteiger partial charge in [-0.05, 0) is 37.1 Å². The van der Waals surface area contributed by atoms with Crippen molar-refractivity contribution in [1.29, 1.82) is 0 Å². The van der Waals surface area contributed by atoms with Gasteiger partial charge >= 0.3 is 0 Å². The highest BCUT2D eigenvalue weighted by atomic mass is 15.1. The van der Waals surface area contributed by atoms with Crippen LogP contribution in [-0.2, 0) is 6.42 Å². The van der Waals surface area contributed by atoms with Crippen molar-refractivity contribution in [2.75, 3.05) is 0 Å². The SMILES string of the molecule is CCc1cc(C)cc(-c2ccn[nH]2)c1. The van der Waals surface area contributed by atoms with E-state index in [1.54, 1.807) is 6.20 Å². The summed E-state index contributed by atoms with van der Waals surface area (Å²) in [7, 11) is 0. The maximum Gasteiger partial charge on any atom is 0.0650 e. The van der Waals surface area contributed by atoms with Crippen molar-refractivity contribution in [3.8, 4) is 11.3 Å². The molecule has 2 heteroatoms. The number of aromatic nitrogens is 2. The van der Waals surface area contributed by atoms with E-state index in [0.29, 0.717) is 0 Å². The maximum absolute atomic E-state index is 3.96. The number of benzene rings is 1. The molecule has 0 atom stereocenters. The van der Waals surface area contributed by atoms with Crippen molar-refractivity contribution >= 4 is 0 Å². The van der Waals surface area contributed by atoms with E-state index in [2.05, 4.69) is 42.2 Å². The molecule has 1 heterocycles. The van der Waals surface area contributed by atoms with Crippen LogP contribution in [0.5, 0.6) is 0 Å². The Labute approximate surface area is 84.0 Å². The van der Waals surface area contributed by atoms with E-state index in [1.165, 1.54) is 16.7 Å². The van der Waals surface area contributed by atoms with Crippen molar-refractivity contribution in [3.63, 3.8) is 0 Å². The van der Waals surface area contributed by atoms with Crippen LogP contribution in [0.1, 0.15) is 18.1 Å². The summed E-state index contributed by atoms with van der Waals surface area (Å²) in [5, 5.41) is 6.94. The summed E-state index contributed by atoms with van der Waals surface area (Å²) < 4.78 is 0. The summed E-state index contributed by atoms with van der Waals surface area (Å²) in [6, 6.07) is 8.60. The first-order valence-corrected chi connectivity index (χ1v) is 4.90. The van der Waals surface area contributed by atoms with Crippen LogP contribution in [0.3, 0.4) is 0 Å². The van der Waals surface area contributed by atoms with Crippen LogP contribution in [0.25, 0.3) is 11.3 Å². The first kappa shape index (κ1) is 9.00. The van der Waals surface area contributed by atoms with E-state index in [1.807, 2.05) is 6.07 Å². The van der Waals surface area contributed by atoms with E-state index in [-0.39, 0.29) is 0 Å². The minimum absolute atomic E-state index is 1.07. The van der Waals surface area contributed by atoms with E-state index >= 15 is 0 Å². The van der Waals surface area contributed by atoms with Gasteiger partial charge in [-0.1, -0.05) is 18.6 Å². The summed E-state index contributed by atoms with van der Waals surface area (Å²) in [6.45, 7) is 4.30. The minimum atomic E-state index is 1.07. The molecule has 0 aliphatic heterocycles. The topological polar surface area (TPSA) is 28.7 Å². The summed E-state index contributed by atoms with van der Waals surface area (Å²) in [4.78, 5) is 0. The molecule has 1 N–H and O–H groups in total. The number of aromatic amines is 1.